The van der Waals surface area contributed by atoms with Crippen LogP contribution in [0.2, 0.25) is 0 Å². The van der Waals surface area contributed by atoms with Crippen LogP contribution in [-0.4, -0.2) is 36.0 Å². The molecule has 1 aliphatic heterocycles. The van der Waals surface area contributed by atoms with Crippen molar-refractivity contribution in [2.75, 3.05) is 18.1 Å². The minimum atomic E-state index is -0.946. The lowest BCUT2D eigenvalue weighted by Gasteiger charge is -2.26. The molecular weight excluding hydrogens is 498 g/mol. The smallest absolute Gasteiger partial charge is 0.308 e. The van der Waals surface area contributed by atoms with Crippen molar-refractivity contribution in [1.29, 1.82) is 0 Å². The molecule has 4 rings (SSSR count). The number of rotatable bonds is 8. The molecule has 1 saturated heterocycles. The largest absolute Gasteiger partial charge is 0.507 e. The summed E-state index contributed by atoms with van der Waals surface area (Å²) in [5, 5.41) is 11.6. The van der Waals surface area contributed by atoms with Crippen LogP contribution in [0.4, 0.5) is 5.69 Å². The van der Waals surface area contributed by atoms with Crippen molar-refractivity contribution < 1.29 is 33.7 Å². The Morgan fingerprint density at radius 2 is 1.49 bits per heavy atom. The summed E-state index contributed by atoms with van der Waals surface area (Å²) >= 11 is 0. The number of nitrogens with zero attached hydrogens (tertiary/aromatic N) is 1. The minimum absolute atomic E-state index is 0.0792. The van der Waals surface area contributed by atoms with Gasteiger partial charge in [-0.1, -0.05) is 18.2 Å². The molecule has 3 aromatic carbocycles. The van der Waals surface area contributed by atoms with E-state index in [0.717, 1.165) is 11.1 Å². The third-order valence-corrected chi connectivity index (χ3v) is 6.21. The second-order valence-electron chi connectivity index (χ2n) is 9.20. The number of anilines is 1. The SMILES string of the molecule is CCOc1ccc(/C(O)=C2/C(=O)C(=O)N(c3cc(C)cc(C)c3)C2c2ccc(OC(C)=O)cc2)c(OCC)c1. The Bertz CT molecular complexity index is 1440. The van der Waals surface area contributed by atoms with Crippen molar-refractivity contribution in [2.24, 2.45) is 0 Å². The highest BCUT2D eigenvalue weighted by Crippen LogP contribution is 2.44. The highest BCUT2D eigenvalue weighted by atomic mass is 16.5. The van der Waals surface area contributed by atoms with Crippen LogP contribution in [0.25, 0.3) is 5.76 Å². The van der Waals surface area contributed by atoms with Crippen molar-refractivity contribution in [3.05, 3.63) is 88.5 Å². The van der Waals surface area contributed by atoms with Crippen LogP contribution in [0.1, 0.15) is 49.1 Å². The molecule has 0 saturated carbocycles. The Labute approximate surface area is 227 Å². The van der Waals surface area contributed by atoms with E-state index in [-0.39, 0.29) is 16.9 Å². The number of aliphatic hydroxyl groups is 1. The number of aliphatic hydroxyl groups excluding tert-OH is 1. The van der Waals surface area contributed by atoms with E-state index >= 15 is 0 Å². The monoisotopic (exact) mass is 529 g/mol. The minimum Gasteiger partial charge on any atom is -0.507 e. The van der Waals surface area contributed by atoms with Crippen LogP contribution in [0.5, 0.6) is 17.2 Å². The van der Waals surface area contributed by atoms with E-state index in [9.17, 15) is 19.5 Å². The number of ketones is 1. The Morgan fingerprint density at radius 3 is 2.08 bits per heavy atom. The molecule has 1 unspecified atom stereocenters. The van der Waals surface area contributed by atoms with E-state index in [2.05, 4.69) is 0 Å². The van der Waals surface area contributed by atoms with Crippen molar-refractivity contribution in [3.8, 4) is 17.2 Å². The molecule has 0 radical (unpaired) electrons. The van der Waals surface area contributed by atoms with Crippen LogP contribution in [0.3, 0.4) is 0 Å². The normalized spacial score (nSPS) is 16.3. The van der Waals surface area contributed by atoms with Crippen LogP contribution in [0, 0.1) is 13.8 Å². The zero-order valence-electron chi connectivity index (χ0n) is 22.6. The molecule has 8 nitrogen and oxygen atoms in total. The van der Waals surface area contributed by atoms with Gasteiger partial charge in [0.15, 0.2) is 0 Å². The van der Waals surface area contributed by atoms with Gasteiger partial charge >= 0.3 is 5.97 Å². The summed E-state index contributed by atoms with van der Waals surface area (Å²) in [6, 6.07) is 16.1. The lowest BCUT2D eigenvalue weighted by Crippen LogP contribution is -2.29. The van der Waals surface area contributed by atoms with Gasteiger partial charge in [0.25, 0.3) is 11.7 Å². The Balaban J connectivity index is 1.94. The maximum Gasteiger partial charge on any atom is 0.308 e. The highest BCUT2D eigenvalue weighted by molar-refractivity contribution is 6.51. The van der Waals surface area contributed by atoms with E-state index in [1.54, 1.807) is 49.4 Å². The fraction of sp³-hybridized carbons (Fsp3) is 0.258. The number of esters is 1. The molecule has 0 spiro atoms. The molecule has 1 aliphatic rings. The van der Waals surface area contributed by atoms with Gasteiger partial charge in [-0.3, -0.25) is 19.3 Å². The van der Waals surface area contributed by atoms with Crippen molar-refractivity contribution >= 4 is 29.1 Å². The van der Waals surface area contributed by atoms with Gasteiger partial charge in [-0.2, -0.15) is 0 Å². The zero-order chi connectivity index (χ0) is 28.3. The number of hydrogen-bond acceptors (Lipinski definition) is 7. The van der Waals surface area contributed by atoms with Crippen LogP contribution < -0.4 is 19.1 Å². The number of benzene rings is 3. The fourth-order valence-corrected chi connectivity index (χ4v) is 4.76. The van der Waals surface area contributed by atoms with Gasteiger partial charge in [0.2, 0.25) is 0 Å². The molecule has 1 fully saturated rings. The van der Waals surface area contributed by atoms with Gasteiger partial charge in [-0.05, 0) is 80.8 Å². The second kappa shape index (κ2) is 11.4. The number of aryl methyl sites for hydroxylation is 2. The van der Waals surface area contributed by atoms with Gasteiger partial charge in [-0.25, -0.2) is 0 Å². The van der Waals surface area contributed by atoms with E-state index in [0.29, 0.717) is 41.7 Å². The topological polar surface area (TPSA) is 102 Å². The van der Waals surface area contributed by atoms with E-state index in [4.69, 9.17) is 14.2 Å². The highest BCUT2D eigenvalue weighted by Gasteiger charge is 2.47. The first-order chi connectivity index (χ1) is 18.6. The molecule has 1 heterocycles. The van der Waals surface area contributed by atoms with Gasteiger partial charge in [0.1, 0.15) is 23.0 Å². The first kappa shape index (κ1) is 27.4. The Hall–Kier alpha value is -4.59. The van der Waals surface area contributed by atoms with Gasteiger partial charge in [0, 0.05) is 18.7 Å². The van der Waals surface area contributed by atoms with Gasteiger partial charge < -0.3 is 19.3 Å². The lowest BCUT2D eigenvalue weighted by molar-refractivity contribution is -0.132. The number of hydrogen-bond donors (Lipinski definition) is 1. The van der Waals surface area contributed by atoms with E-state index in [1.807, 2.05) is 39.0 Å². The summed E-state index contributed by atoms with van der Waals surface area (Å²) in [7, 11) is 0. The molecule has 3 aromatic rings. The summed E-state index contributed by atoms with van der Waals surface area (Å²) in [6.07, 6.45) is 0. The van der Waals surface area contributed by atoms with Crippen molar-refractivity contribution in [2.45, 2.75) is 40.7 Å². The number of amides is 1. The first-order valence-electron chi connectivity index (χ1n) is 12.7. The molecule has 1 N–H and O–H groups in total. The summed E-state index contributed by atoms with van der Waals surface area (Å²) in [5.74, 6) is -1.23. The molecule has 39 heavy (non-hydrogen) atoms. The molecule has 0 aromatic heterocycles. The third-order valence-electron chi connectivity index (χ3n) is 6.21. The molecule has 0 bridgehead atoms. The van der Waals surface area contributed by atoms with Crippen molar-refractivity contribution in [1.82, 2.24) is 0 Å². The molecule has 202 valence electrons. The number of carbonyl (C=O) groups excluding carboxylic acids is 3. The standard InChI is InChI=1S/C31H31NO7/c1-6-37-24-12-13-25(26(17-24)38-7-2)29(34)27-28(21-8-10-23(11-9-21)39-20(5)33)32(31(36)30(27)35)22-15-18(3)14-19(4)16-22/h8-17,28,34H,6-7H2,1-5H3/b29-27-. The summed E-state index contributed by atoms with van der Waals surface area (Å²) in [5.41, 5.74) is 3.10. The maximum atomic E-state index is 13.6. The molecule has 0 aliphatic carbocycles. The van der Waals surface area contributed by atoms with Crippen molar-refractivity contribution in [3.63, 3.8) is 0 Å². The average molecular weight is 530 g/mol. The van der Waals surface area contributed by atoms with Crippen LogP contribution in [0.15, 0.2) is 66.2 Å². The number of Topliss-reactive ketones (excluding diaryl/α,β-unsaturated/α-hetero) is 1. The Kier molecular flexibility index (Phi) is 8.04. The predicted molar refractivity (Wildman–Crippen MR) is 147 cm³/mol. The maximum absolute atomic E-state index is 13.6. The van der Waals surface area contributed by atoms with Crippen LogP contribution >= 0.6 is 0 Å². The summed E-state index contributed by atoms with van der Waals surface area (Å²) in [6.45, 7) is 9.54. The summed E-state index contributed by atoms with van der Waals surface area (Å²) in [4.78, 5) is 39.9. The Morgan fingerprint density at radius 1 is 0.872 bits per heavy atom. The molecule has 1 atom stereocenters. The lowest BCUT2D eigenvalue weighted by atomic mass is 9.94. The van der Waals surface area contributed by atoms with E-state index in [1.165, 1.54) is 11.8 Å². The predicted octanol–water partition coefficient (Wildman–Crippen LogP) is 5.65. The molecule has 8 heteroatoms. The zero-order valence-corrected chi connectivity index (χ0v) is 22.6. The third kappa shape index (κ3) is 5.65. The van der Waals surface area contributed by atoms with Gasteiger partial charge in [0.05, 0.1) is 30.4 Å². The number of ether oxygens (including phenoxy) is 3. The number of carbonyl (C=O) groups is 3. The average Bonchev–Trinajstić information content (AvgIpc) is 3.14. The van der Waals surface area contributed by atoms with Crippen LogP contribution in [-0.2, 0) is 14.4 Å². The molecular formula is C31H31NO7. The second-order valence-corrected chi connectivity index (χ2v) is 9.20. The fourth-order valence-electron chi connectivity index (χ4n) is 4.76. The molecule has 1 amide bonds. The summed E-state index contributed by atoms with van der Waals surface area (Å²) < 4.78 is 16.5. The van der Waals surface area contributed by atoms with Gasteiger partial charge in [-0.15, -0.1) is 0 Å². The quantitative estimate of drug-likeness (QED) is 0.132. The van der Waals surface area contributed by atoms with E-state index < -0.39 is 23.7 Å². The first-order valence-corrected chi connectivity index (χ1v) is 12.7.